The molecular formula is C9H18N2O4. The third kappa shape index (κ3) is 3.65. The van der Waals surface area contributed by atoms with Gasteiger partial charge in [0, 0.05) is 13.2 Å². The summed E-state index contributed by atoms with van der Waals surface area (Å²) >= 11 is 0. The normalized spacial score (nSPS) is 27.3. The van der Waals surface area contributed by atoms with E-state index in [0.29, 0.717) is 13.2 Å². The first kappa shape index (κ1) is 12.2. The summed E-state index contributed by atoms with van der Waals surface area (Å²) in [6.07, 6.45) is -1.04. The number of ether oxygens (including phenoxy) is 3. The Bertz CT molecular complexity index is 212. The van der Waals surface area contributed by atoms with E-state index in [1.54, 1.807) is 6.92 Å². The molecule has 3 unspecified atom stereocenters. The minimum atomic E-state index is -0.442. The van der Waals surface area contributed by atoms with Crippen molar-refractivity contribution in [3.63, 3.8) is 0 Å². The Kier molecular flexibility index (Phi) is 4.80. The SMILES string of the molecule is CCOC(C)OCC1NC(=O)OC1CN. The summed E-state index contributed by atoms with van der Waals surface area (Å²) in [4.78, 5) is 10.9. The molecule has 1 rings (SSSR count). The summed E-state index contributed by atoms with van der Waals surface area (Å²) in [5.41, 5.74) is 5.45. The molecule has 3 N–H and O–H groups in total. The molecule has 3 atom stereocenters. The highest BCUT2D eigenvalue weighted by Gasteiger charge is 2.33. The predicted molar refractivity (Wildman–Crippen MR) is 53.3 cm³/mol. The third-order valence-electron chi connectivity index (χ3n) is 2.15. The summed E-state index contributed by atoms with van der Waals surface area (Å²) in [7, 11) is 0. The molecule has 1 saturated heterocycles. The Morgan fingerprint density at radius 3 is 2.93 bits per heavy atom. The standard InChI is InChI=1S/C9H18N2O4/c1-3-13-6(2)14-5-7-8(4-10)15-9(12)11-7/h6-8H,3-5,10H2,1-2H3,(H,11,12). The molecular weight excluding hydrogens is 200 g/mol. The fraction of sp³-hybridized carbons (Fsp3) is 0.889. The van der Waals surface area contributed by atoms with Gasteiger partial charge in [0.05, 0.1) is 12.6 Å². The number of rotatable bonds is 6. The maximum Gasteiger partial charge on any atom is 0.407 e. The maximum absolute atomic E-state index is 10.9. The van der Waals surface area contributed by atoms with Crippen molar-refractivity contribution in [1.82, 2.24) is 5.32 Å². The van der Waals surface area contributed by atoms with Crippen LogP contribution in [0.3, 0.4) is 0 Å². The van der Waals surface area contributed by atoms with Gasteiger partial charge in [-0.3, -0.25) is 0 Å². The zero-order valence-electron chi connectivity index (χ0n) is 9.06. The number of amides is 1. The van der Waals surface area contributed by atoms with Crippen LogP contribution in [0.15, 0.2) is 0 Å². The molecule has 6 heteroatoms. The first-order valence-corrected chi connectivity index (χ1v) is 5.07. The number of cyclic esters (lactones) is 1. The van der Waals surface area contributed by atoms with Crippen LogP contribution in [0, 0.1) is 0 Å². The summed E-state index contributed by atoms with van der Waals surface area (Å²) < 4.78 is 15.5. The Labute approximate surface area is 89.0 Å². The zero-order chi connectivity index (χ0) is 11.3. The van der Waals surface area contributed by atoms with E-state index in [1.165, 1.54) is 0 Å². The number of nitrogens with two attached hydrogens (primary N) is 1. The van der Waals surface area contributed by atoms with Crippen LogP contribution in [0.25, 0.3) is 0 Å². The molecule has 1 heterocycles. The van der Waals surface area contributed by atoms with Crippen molar-refractivity contribution in [2.75, 3.05) is 19.8 Å². The second-order valence-corrected chi connectivity index (χ2v) is 3.29. The molecule has 0 saturated carbocycles. The largest absolute Gasteiger partial charge is 0.443 e. The molecule has 1 fully saturated rings. The van der Waals surface area contributed by atoms with E-state index in [1.807, 2.05) is 6.92 Å². The predicted octanol–water partition coefficient (Wildman–Crippen LogP) is -0.179. The highest BCUT2D eigenvalue weighted by molar-refractivity contribution is 5.70. The van der Waals surface area contributed by atoms with E-state index in [-0.39, 0.29) is 25.0 Å². The molecule has 0 aromatic heterocycles. The second-order valence-electron chi connectivity index (χ2n) is 3.29. The highest BCUT2D eigenvalue weighted by atomic mass is 16.7. The van der Waals surface area contributed by atoms with Crippen LogP contribution >= 0.6 is 0 Å². The Morgan fingerprint density at radius 1 is 1.60 bits per heavy atom. The zero-order valence-corrected chi connectivity index (χ0v) is 9.06. The lowest BCUT2D eigenvalue weighted by molar-refractivity contribution is -0.132. The van der Waals surface area contributed by atoms with Gasteiger partial charge in [0.1, 0.15) is 6.10 Å². The van der Waals surface area contributed by atoms with Gasteiger partial charge in [0.2, 0.25) is 0 Å². The van der Waals surface area contributed by atoms with Crippen molar-refractivity contribution in [2.24, 2.45) is 5.73 Å². The summed E-state index contributed by atoms with van der Waals surface area (Å²) in [5, 5.41) is 2.63. The summed E-state index contributed by atoms with van der Waals surface area (Å²) in [6.45, 7) is 4.92. The number of carbonyl (C=O) groups is 1. The maximum atomic E-state index is 10.9. The van der Waals surface area contributed by atoms with E-state index in [9.17, 15) is 4.79 Å². The minimum absolute atomic E-state index is 0.189. The first-order chi connectivity index (χ1) is 7.17. The molecule has 15 heavy (non-hydrogen) atoms. The minimum Gasteiger partial charge on any atom is -0.443 e. The van der Waals surface area contributed by atoms with Crippen LogP contribution in [-0.4, -0.2) is 44.3 Å². The lowest BCUT2D eigenvalue weighted by atomic mass is 10.2. The van der Waals surface area contributed by atoms with E-state index in [0.717, 1.165) is 0 Å². The van der Waals surface area contributed by atoms with E-state index in [4.69, 9.17) is 19.9 Å². The van der Waals surface area contributed by atoms with Gasteiger partial charge in [-0.25, -0.2) is 4.79 Å². The number of carbonyl (C=O) groups excluding carboxylic acids is 1. The van der Waals surface area contributed by atoms with Crippen LogP contribution in [0.1, 0.15) is 13.8 Å². The molecule has 0 aromatic carbocycles. The monoisotopic (exact) mass is 218 g/mol. The number of nitrogens with one attached hydrogen (secondary N) is 1. The van der Waals surface area contributed by atoms with Crippen LogP contribution in [0.4, 0.5) is 4.79 Å². The second kappa shape index (κ2) is 5.89. The lowest BCUT2D eigenvalue weighted by Gasteiger charge is -2.18. The van der Waals surface area contributed by atoms with Crippen molar-refractivity contribution in [2.45, 2.75) is 32.3 Å². The topological polar surface area (TPSA) is 82.8 Å². The molecule has 1 amide bonds. The van der Waals surface area contributed by atoms with E-state index < -0.39 is 6.09 Å². The summed E-state index contributed by atoms with van der Waals surface area (Å²) in [6, 6.07) is -0.189. The molecule has 6 nitrogen and oxygen atoms in total. The number of hydrogen-bond donors (Lipinski definition) is 2. The van der Waals surface area contributed by atoms with Crippen molar-refractivity contribution in [3.05, 3.63) is 0 Å². The van der Waals surface area contributed by atoms with Gasteiger partial charge < -0.3 is 25.3 Å². The number of alkyl carbamates (subject to hydrolysis) is 1. The molecule has 0 radical (unpaired) electrons. The smallest absolute Gasteiger partial charge is 0.407 e. The Hall–Kier alpha value is -0.850. The van der Waals surface area contributed by atoms with Gasteiger partial charge in [-0.15, -0.1) is 0 Å². The average molecular weight is 218 g/mol. The van der Waals surface area contributed by atoms with Crippen LogP contribution < -0.4 is 11.1 Å². The molecule has 0 bridgehead atoms. The molecule has 88 valence electrons. The molecule has 1 aliphatic heterocycles. The Morgan fingerprint density at radius 2 is 2.33 bits per heavy atom. The van der Waals surface area contributed by atoms with Gasteiger partial charge in [0.15, 0.2) is 6.29 Å². The Balaban J connectivity index is 2.28. The van der Waals surface area contributed by atoms with Crippen LogP contribution in [0.5, 0.6) is 0 Å². The third-order valence-corrected chi connectivity index (χ3v) is 2.15. The highest BCUT2D eigenvalue weighted by Crippen LogP contribution is 2.09. The van der Waals surface area contributed by atoms with Crippen LogP contribution in [-0.2, 0) is 14.2 Å². The number of hydrogen-bond acceptors (Lipinski definition) is 5. The molecule has 1 aliphatic rings. The van der Waals surface area contributed by atoms with E-state index >= 15 is 0 Å². The van der Waals surface area contributed by atoms with Gasteiger partial charge in [0.25, 0.3) is 0 Å². The lowest BCUT2D eigenvalue weighted by Crippen LogP contribution is -2.40. The van der Waals surface area contributed by atoms with Crippen molar-refractivity contribution < 1.29 is 19.0 Å². The van der Waals surface area contributed by atoms with Crippen molar-refractivity contribution >= 4 is 6.09 Å². The van der Waals surface area contributed by atoms with Gasteiger partial charge >= 0.3 is 6.09 Å². The van der Waals surface area contributed by atoms with Crippen molar-refractivity contribution in [3.8, 4) is 0 Å². The first-order valence-electron chi connectivity index (χ1n) is 5.07. The van der Waals surface area contributed by atoms with E-state index in [2.05, 4.69) is 5.32 Å². The fourth-order valence-electron chi connectivity index (χ4n) is 1.38. The fourth-order valence-corrected chi connectivity index (χ4v) is 1.38. The van der Waals surface area contributed by atoms with Crippen LogP contribution in [0.2, 0.25) is 0 Å². The van der Waals surface area contributed by atoms with Gasteiger partial charge in [-0.2, -0.15) is 0 Å². The average Bonchev–Trinajstić information content (AvgIpc) is 2.56. The quantitative estimate of drug-likeness (QED) is 0.604. The molecule has 0 spiro atoms. The summed E-state index contributed by atoms with van der Waals surface area (Å²) in [5.74, 6) is 0. The van der Waals surface area contributed by atoms with Crippen molar-refractivity contribution in [1.29, 1.82) is 0 Å². The van der Waals surface area contributed by atoms with Gasteiger partial charge in [-0.05, 0) is 13.8 Å². The molecule has 0 aromatic rings. The van der Waals surface area contributed by atoms with Gasteiger partial charge in [-0.1, -0.05) is 0 Å². The molecule has 0 aliphatic carbocycles.